The van der Waals surface area contributed by atoms with Gasteiger partial charge in [0, 0.05) is 43.0 Å². The number of nitrogens with zero attached hydrogens (tertiary/aromatic N) is 4. The molecule has 7 nitrogen and oxygen atoms in total. The summed E-state index contributed by atoms with van der Waals surface area (Å²) in [6.45, 7) is 2.99. The molecule has 1 saturated heterocycles. The highest BCUT2D eigenvalue weighted by Gasteiger charge is 2.30. The SMILES string of the molecule is Cc1cc(NC2CCN(S(=O)(=O)c3cnn(C)c3)CC2)ncc1Br. The lowest BCUT2D eigenvalue weighted by Gasteiger charge is -2.31. The lowest BCUT2D eigenvalue weighted by molar-refractivity contribution is 0.329. The molecule has 0 unspecified atom stereocenters. The first-order valence-corrected chi connectivity index (χ1v) is 9.97. The molecule has 1 N–H and O–H groups in total. The minimum atomic E-state index is -3.45. The molecule has 0 atom stereocenters. The molecular weight excluding hydrogens is 394 g/mol. The van der Waals surface area contributed by atoms with Crippen LogP contribution in [0, 0.1) is 6.92 Å². The Morgan fingerprint density at radius 2 is 2.00 bits per heavy atom. The third-order valence-corrected chi connectivity index (χ3v) is 6.85. The quantitative estimate of drug-likeness (QED) is 0.830. The Labute approximate surface area is 150 Å². The zero-order valence-corrected chi connectivity index (χ0v) is 16.0. The zero-order chi connectivity index (χ0) is 17.3. The molecule has 0 radical (unpaired) electrons. The lowest BCUT2D eigenvalue weighted by atomic mass is 10.1. The first-order chi connectivity index (χ1) is 11.4. The number of aryl methyl sites for hydroxylation is 2. The van der Waals surface area contributed by atoms with Gasteiger partial charge in [0.15, 0.2) is 0 Å². The van der Waals surface area contributed by atoms with Crippen molar-refractivity contribution in [3.8, 4) is 0 Å². The number of sulfonamides is 1. The number of anilines is 1. The van der Waals surface area contributed by atoms with Crippen LogP contribution in [0.2, 0.25) is 0 Å². The number of halogens is 1. The fourth-order valence-corrected chi connectivity index (χ4v) is 4.42. The summed E-state index contributed by atoms with van der Waals surface area (Å²) in [4.78, 5) is 4.60. The second kappa shape index (κ2) is 6.81. The standard InChI is InChI=1S/C15H20BrN5O2S/c1-11-7-15(17-9-14(11)16)19-12-3-5-21(6-4-12)24(22,23)13-8-18-20(2)10-13/h7-10,12H,3-6H2,1-2H3,(H,17,19). The highest BCUT2D eigenvalue weighted by Crippen LogP contribution is 2.23. The number of piperidine rings is 1. The van der Waals surface area contributed by atoms with E-state index in [9.17, 15) is 8.42 Å². The van der Waals surface area contributed by atoms with Crippen LogP contribution >= 0.6 is 15.9 Å². The van der Waals surface area contributed by atoms with E-state index in [1.165, 1.54) is 21.4 Å². The number of hydrogen-bond acceptors (Lipinski definition) is 5. The first kappa shape index (κ1) is 17.4. The maximum atomic E-state index is 12.6. The number of pyridine rings is 1. The van der Waals surface area contributed by atoms with E-state index in [1.54, 1.807) is 13.2 Å². The van der Waals surface area contributed by atoms with Gasteiger partial charge < -0.3 is 5.32 Å². The minimum absolute atomic E-state index is 0.221. The van der Waals surface area contributed by atoms with Crippen LogP contribution < -0.4 is 5.32 Å². The van der Waals surface area contributed by atoms with Crippen LogP contribution in [0.5, 0.6) is 0 Å². The molecule has 0 amide bonds. The Morgan fingerprint density at radius 1 is 1.29 bits per heavy atom. The van der Waals surface area contributed by atoms with Crippen molar-refractivity contribution >= 4 is 31.8 Å². The summed E-state index contributed by atoms with van der Waals surface area (Å²) in [5.74, 6) is 0.823. The van der Waals surface area contributed by atoms with Gasteiger partial charge in [0.1, 0.15) is 10.7 Å². The molecule has 3 heterocycles. The summed E-state index contributed by atoms with van der Waals surface area (Å²) in [7, 11) is -1.74. The van der Waals surface area contributed by atoms with E-state index in [0.29, 0.717) is 13.1 Å². The fourth-order valence-electron chi connectivity index (χ4n) is 2.75. The van der Waals surface area contributed by atoms with Gasteiger partial charge in [0.25, 0.3) is 0 Å². The minimum Gasteiger partial charge on any atom is -0.367 e. The smallest absolute Gasteiger partial charge is 0.246 e. The molecular formula is C15H20BrN5O2S. The molecule has 2 aromatic heterocycles. The molecule has 9 heteroatoms. The van der Waals surface area contributed by atoms with Crippen LogP contribution in [0.25, 0.3) is 0 Å². The monoisotopic (exact) mass is 413 g/mol. The number of rotatable bonds is 4. The molecule has 1 aliphatic heterocycles. The largest absolute Gasteiger partial charge is 0.367 e. The average Bonchev–Trinajstić information content (AvgIpc) is 2.99. The Balaban J connectivity index is 1.62. The van der Waals surface area contributed by atoms with Gasteiger partial charge >= 0.3 is 0 Å². The van der Waals surface area contributed by atoms with Crippen molar-refractivity contribution in [2.24, 2.45) is 7.05 Å². The predicted octanol–water partition coefficient (Wildman–Crippen LogP) is 2.15. The van der Waals surface area contributed by atoms with Crippen LogP contribution in [0.1, 0.15) is 18.4 Å². The third kappa shape index (κ3) is 3.62. The molecule has 24 heavy (non-hydrogen) atoms. The number of hydrogen-bond donors (Lipinski definition) is 1. The number of nitrogens with one attached hydrogen (secondary N) is 1. The van der Waals surface area contributed by atoms with Gasteiger partial charge in [-0.3, -0.25) is 4.68 Å². The van der Waals surface area contributed by atoms with E-state index >= 15 is 0 Å². The van der Waals surface area contributed by atoms with E-state index in [0.717, 1.165) is 28.7 Å². The molecule has 3 rings (SSSR count). The van der Waals surface area contributed by atoms with Crippen molar-refractivity contribution in [2.45, 2.75) is 30.7 Å². The van der Waals surface area contributed by atoms with Crippen molar-refractivity contribution in [1.82, 2.24) is 19.1 Å². The molecule has 0 saturated carbocycles. The van der Waals surface area contributed by atoms with E-state index in [1.807, 2.05) is 13.0 Å². The van der Waals surface area contributed by atoms with E-state index in [-0.39, 0.29) is 10.9 Å². The molecule has 0 aliphatic carbocycles. The van der Waals surface area contributed by atoms with Crippen LogP contribution in [0.4, 0.5) is 5.82 Å². The summed E-state index contributed by atoms with van der Waals surface area (Å²) in [6, 6.07) is 2.21. The van der Waals surface area contributed by atoms with Gasteiger partial charge in [0.2, 0.25) is 10.0 Å². The third-order valence-electron chi connectivity index (χ3n) is 4.17. The van der Waals surface area contributed by atoms with Gasteiger partial charge in [-0.05, 0) is 47.3 Å². The summed E-state index contributed by atoms with van der Waals surface area (Å²) < 4.78 is 29.2. The first-order valence-electron chi connectivity index (χ1n) is 7.74. The highest BCUT2D eigenvalue weighted by molar-refractivity contribution is 9.10. The second-order valence-electron chi connectivity index (χ2n) is 5.99. The topological polar surface area (TPSA) is 80.1 Å². The summed E-state index contributed by atoms with van der Waals surface area (Å²) in [5, 5.41) is 7.35. The molecule has 0 bridgehead atoms. The summed E-state index contributed by atoms with van der Waals surface area (Å²) in [6.07, 6.45) is 6.20. The van der Waals surface area contributed by atoms with E-state index < -0.39 is 10.0 Å². The summed E-state index contributed by atoms with van der Waals surface area (Å²) >= 11 is 3.44. The van der Waals surface area contributed by atoms with Gasteiger partial charge in [-0.25, -0.2) is 13.4 Å². The molecule has 1 aliphatic rings. The molecule has 1 fully saturated rings. The Morgan fingerprint density at radius 3 is 2.58 bits per heavy atom. The summed E-state index contributed by atoms with van der Waals surface area (Å²) in [5.41, 5.74) is 1.11. The van der Waals surface area contributed by atoms with Crippen molar-refractivity contribution in [2.75, 3.05) is 18.4 Å². The van der Waals surface area contributed by atoms with E-state index in [2.05, 4.69) is 31.3 Å². The number of aromatic nitrogens is 3. The molecule has 0 aromatic carbocycles. The zero-order valence-electron chi connectivity index (χ0n) is 13.6. The Kier molecular flexibility index (Phi) is 4.93. The Bertz CT molecular complexity index is 828. The maximum Gasteiger partial charge on any atom is 0.246 e. The van der Waals surface area contributed by atoms with Crippen LogP contribution in [0.15, 0.2) is 34.0 Å². The normalized spacial score (nSPS) is 17.1. The Hall–Kier alpha value is -1.45. The van der Waals surface area contributed by atoms with Crippen molar-refractivity contribution < 1.29 is 8.42 Å². The maximum absolute atomic E-state index is 12.6. The van der Waals surface area contributed by atoms with Crippen LogP contribution in [-0.2, 0) is 17.1 Å². The molecule has 130 valence electrons. The highest BCUT2D eigenvalue weighted by atomic mass is 79.9. The molecule has 0 spiro atoms. The second-order valence-corrected chi connectivity index (χ2v) is 8.78. The van der Waals surface area contributed by atoms with Crippen LogP contribution in [-0.4, -0.2) is 46.6 Å². The lowest BCUT2D eigenvalue weighted by Crippen LogP contribution is -2.42. The van der Waals surface area contributed by atoms with Gasteiger partial charge in [-0.2, -0.15) is 9.40 Å². The van der Waals surface area contributed by atoms with Gasteiger partial charge in [-0.15, -0.1) is 0 Å². The van der Waals surface area contributed by atoms with Crippen molar-refractivity contribution in [3.05, 3.63) is 34.7 Å². The molecule has 2 aromatic rings. The van der Waals surface area contributed by atoms with Gasteiger partial charge in [0.05, 0.1) is 6.20 Å². The average molecular weight is 414 g/mol. The van der Waals surface area contributed by atoms with Crippen LogP contribution in [0.3, 0.4) is 0 Å². The van der Waals surface area contributed by atoms with Crippen molar-refractivity contribution in [3.63, 3.8) is 0 Å². The van der Waals surface area contributed by atoms with E-state index in [4.69, 9.17) is 0 Å². The van der Waals surface area contributed by atoms with Crippen molar-refractivity contribution in [1.29, 1.82) is 0 Å². The van der Waals surface area contributed by atoms with Gasteiger partial charge in [-0.1, -0.05) is 0 Å². The predicted molar refractivity (Wildman–Crippen MR) is 95.3 cm³/mol. The fraction of sp³-hybridized carbons (Fsp3) is 0.467.